The zero-order valence-corrected chi connectivity index (χ0v) is 13.5. The summed E-state index contributed by atoms with van der Waals surface area (Å²) in [5, 5.41) is 18.7. The van der Waals surface area contributed by atoms with Gasteiger partial charge in [-0.2, -0.15) is 0 Å². The Morgan fingerprint density at radius 2 is 1.25 bits per heavy atom. The zero-order valence-electron chi connectivity index (χ0n) is 13.5. The molecule has 114 valence electrons. The van der Waals surface area contributed by atoms with Gasteiger partial charge in [0.15, 0.2) is 0 Å². The average Bonchev–Trinajstić information content (AvgIpc) is 2.31. The third kappa shape index (κ3) is 3.97. The predicted octanol–water partition coefficient (Wildman–Crippen LogP) is 3.12. The van der Waals surface area contributed by atoms with Crippen molar-refractivity contribution in [3.63, 3.8) is 0 Å². The van der Waals surface area contributed by atoms with Gasteiger partial charge in [0.25, 0.3) is 0 Å². The number of aliphatic hydroxyl groups is 2. The summed E-state index contributed by atoms with van der Waals surface area (Å²) in [6.45, 7) is 11.0. The number of nitrogens with zero attached hydrogens (tertiary/aromatic N) is 1. The van der Waals surface area contributed by atoms with E-state index in [2.05, 4.69) is 63.8 Å². The number of aryl methyl sites for hydroxylation is 1. The lowest BCUT2D eigenvalue weighted by molar-refractivity contribution is 0.202. The van der Waals surface area contributed by atoms with Gasteiger partial charge in [0.2, 0.25) is 0 Å². The van der Waals surface area contributed by atoms with Crippen LogP contribution in [-0.4, -0.2) is 34.5 Å². The molecule has 1 rings (SSSR count). The Balaban J connectivity index is 3.23. The van der Waals surface area contributed by atoms with Crippen LogP contribution in [0.1, 0.15) is 46.1 Å². The van der Waals surface area contributed by atoms with Gasteiger partial charge < -0.3 is 15.1 Å². The molecule has 0 aromatic heterocycles. The largest absolute Gasteiger partial charge is 0.396 e. The number of aliphatic hydroxyl groups excluding tert-OH is 2. The molecule has 0 fully saturated rings. The summed E-state index contributed by atoms with van der Waals surface area (Å²) in [6.07, 6.45) is 1.38. The van der Waals surface area contributed by atoms with E-state index in [4.69, 9.17) is 0 Å². The average molecular weight is 279 g/mol. The highest BCUT2D eigenvalue weighted by atomic mass is 16.3. The molecule has 0 unspecified atom stereocenters. The fraction of sp³-hybridized carbons (Fsp3) is 0.647. The van der Waals surface area contributed by atoms with E-state index in [9.17, 15) is 10.2 Å². The molecule has 3 heteroatoms. The maximum absolute atomic E-state index is 9.36. The van der Waals surface area contributed by atoms with Crippen molar-refractivity contribution < 1.29 is 10.2 Å². The third-order valence-electron chi connectivity index (χ3n) is 3.95. The van der Waals surface area contributed by atoms with E-state index >= 15 is 0 Å². The maximum Gasteiger partial charge on any atom is 0.0453 e. The van der Waals surface area contributed by atoms with E-state index in [1.165, 1.54) is 5.56 Å². The van der Waals surface area contributed by atoms with Gasteiger partial charge in [-0.15, -0.1) is 0 Å². The lowest BCUT2D eigenvalue weighted by Crippen LogP contribution is -2.56. The van der Waals surface area contributed by atoms with E-state index in [0.29, 0.717) is 12.8 Å². The molecule has 0 aliphatic heterocycles. The second-order valence-electron chi connectivity index (χ2n) is 6.74. The Labute approximate surface area is 123 Å². The Morgan fingerprint density at radius 1 is 0.850 bits per heavy atom. The molecule has 1 aromatic carbocycles. The van der Waals surface area contributed by atoms with Gasteiger partial charge >= 0.3 is 0 Å². The van der Waals surface area contributed by atoms with E-state index in [1.807, 2.05) is 0 Å². The Kier molecular flexibility index (Phi) is 5.60. The highest BCUT2D eigenvalue weighted by Crippen LogP contribution is 2.35. The monoisotopic (exact) mass is 279 g/mol. The van der Waals surface area contributed by atoms with Crippen molar-refractivity contribution in [1.82, 2.24) is 0 Å². The van der Waals surface area contributed by atoms with Crippen LogP contribution in [0.15, 0.2) is 24.3 Å². The Bertz CT molecular complexity index is 392. The molecular weight excluding hydrogens is 250 g/mol. The van der Waals surface area contributed by atoms with Gasteiger partial charge in [-0.1, -0.05) is 17.7 Å². The molecule has 0 aliphatic carbocycles. The molecule has 0 aliphatic rings. The molecule has 0 heterocycles. The fourth-order valence-electron chi connectivity index (χ4n) is 2.98. The van der Waals surface area contributed by atoms with Crippen molar-refractivity contribution in [1.29, 1.82) is 0 Å². The van der Waals surface area contributed by atoms with Crippen LogP contribution in [0.25, 0.3) is 0 Å². The van der Waals surface area contributed by atoms with E-state index < -0.39 is 0 Å². The maximum atomic E-state index is 9.36. The van der Waals surface area contributed by atoms with Crippen LogP contribution in [0, 0.1) is 6.92 Å². The minimum atomic E-state index is -0.178. The predicted molar refractivity (Wildman–Crippen MR) is 85.2 cm³/mol. The van der Waals surface area contributed by atoms with Crippen molar-refractivity contribution in [2.24, 2.45) is 0 Å². The van der Waals surface area contributed by atoms with Gasteiger partial charge in [0.1, 0.15) is 0 Å². The molecule has 0 saturated carbocycles. The molecule has 0 saturated heterocycles. The van der Waals surface area contributed by atoms with Gasteiger partial charge in [0, 0.05) is 30.0 Å². The highest BCUT2D eigenvalue weighted by molar-refractivity contribution is 5.52. The lowest BCUT2D eigenvalue weighted by Gasteiger charge is -2.50. The fourth-order valence-corrected chi connectivity index (χ4v) is 2.98. The van der Waals surface area contributed by atoms with Gasteiger partial charge in [0.05, 0.1) is 0 Å². The molecule has 0 radical (unpaired) electrons. The molecular formula is C17H29NO2. The van der Waals surface area contributed by atoms with Crippen LogP contribution < -0.4 is 4.90 Å². The molecule has 2 N–H and O–H groups in total. The summed E-state index contributed by atoms with van der Waals surface area (Å²) in [5.41, 5.74) is 2.01. The molecule has 20 heavy (non-hydrogen) atoms. The molecule has 3 nitrogen and oxygen atoms in total. The van der Waals surface area contributed by atoms with Crippen molar-refractivity contribution in [3.8, 4) is 0 Å². The van der Waals surface area contributed by atoms with Crippen LogP contribution in [-0.2, 0) is 0 Å². The van der Waals surface area contributed by atoms with E-state index in [0.717, 1.165) is 5.69 Å². The van der Waals surface area contributed by atoms with Crippen molar-refractivity contribution in [2.45, 2.75) is 58.5 Å². The minimum Gasteiger partial charge on any atom is -0.396 e. The van der Waals surface area contributed by atoms with Gasteiger partial charge in [-0.3, -0.25) is 0 Å². The van der Waals surface area contributed by atoms with Crippen LogP contribution in [0.3, 0.4) is 0 Å². The number of rotatable bonds is 7. The lowest BCUT2D eigenvalue weighted by atomic mass is 9.87. The SMILES string of the molecule is Cc1ccc(N(C(C)(C)CCO)C(C)(C)CCO)cc1. The Morgan fingerprint density at radius 3 is 1.60 bits per heavy atom. The third-order valence-corrected chi connectivity index (χ3v) is 3.95. The van der Waals surface area contributed by atoms with Crippen LogP contribution in [0.2, 0.25) is 0 Å². The molecule has 0 spiro atoms. The number of anilines is 1. The van der Waals surface area contributed by atoms with Crippen LogP contribution >= 0.6 is 0 Å². The van der Waals surface area contributed by atoms with Crippen molar-refractivity contribution in [3.05, 3.63) is 29.8 Å². The summed E-state index contributed by atoms with van der Waals surface area (Å²) in [7, 11) is 0. The first-order chi connectivity index (χ1) is 9.24. The van der Waals surface area contributed by atoms with Crippen molar-refractivity contribution in [2.75, 3.05) is 18.1 Å². The zero-order chi connectivity index (χ0) is 15.4. The summed E-state index contributed by atoms with van der Waals surface area (Å²) in [4.78, 5) is 2.33. The minimum absolute atomic E-state index is 0.157. The second-order valence-corrected chi connectivity index (χ2v) is 6.74. The summed E-state index contributed by atoms with van der Waals surface area (Å²) >= 11 is 0. The smallest absolute Gasteiger partial charge is 0.0453 e. The molecule has 0 amide bonds. The molecule has 1 aromatic rings. The first kappa shape index (κ1) is 17.0. The topological polar surface area (TPSA) is 43.7 Å². The van der Waals surface area contributed by atoms with Gasteiger partial charge in [-0.05, 0) is 59.6 Å². The summed E-state index contributed by atoms with van der Waals surface area (Å²) < 4.78 is 0. The van der Waals surface area contributed by atoms with Crippen LogP contribution in [0.4, 0.5) is 5.69 Å². The quantitative estimate of drug-likeness (QED) is 0.806. The first-order valence-corrected chi connectivity index (χ1v) is 7.33. The van der Waals surface area contributed by atoms with Gasteiger partial charge in [-0.25, -0.2) is 0 Å². The van der Waals surface area contributed by atoms with E-state index in [1.54, 1.807) is 0 Å². The summed E-state index contributed by atoms with van der Waals surface area (Å²) in [6, 6.07) is 8.44. The molecule has 0 bridgehead atoms. The first-order valence-electron chi connectivity index (χ1n) is 7.33. The molecule has 0 atom stereocenters. The number of hydrogen-bond donors (Lipinski definition) is 2. The van der Waals surface area contributed by atoms with Crippen molar-refractivity contribution >= 4 is 5.69 Å². The standard InChI is InChI=1S/C17H29NO2/c1-14-6-8-15(9-7-14)18(16(2,3)10-12-19)17(4,5)11-13-20/h6-9,19-20H,10-13H2,1-5H3. The highest BCUT2D eigenvalue weighted by Gasteiger charge is 2.37. The summed E-state index contributed by atoms with van der Waals surface area (Å²) in [5.74, 6) is 0. The second kappa shape index (κ2) is 6.59. The normalized spacial score (nSPS) is 12.6. The Hall–Kier alpha value is -1.06. The number of hydrogen-bond acceptors (Lipinski definition) is 3. The number of benzene rings is 1. The van der Waals surface area contributed by atoms with E-state index in [-0.39, 0.29) is 24.3 Å². The van der Waals surface area contributed by atoms with Crippen LogP contribution in [0.5, 0.6) is 0 Å².